The number of amides is 1. The van der Waals surface area contributed by atoms with Gasteiger partial charge in [-0.1, -0.05) is 17.7 Å². The molecule has 0 radical (unpaired) electrons. The van der Waals surface area contributed by atoms with Gasteiger partial charge >= 0.3 is 0 Å². The molecule has 1 N–H and O–H groups in total. The van der Waals surface area contributed by atoms with E-state index in [2.05, 4.69) is 27.9 Å². The SMILES string of the molecule is CSc1cccc(NC(=O)c2ccc(C)cc2I)c1. The Morgan fingerprint density at radius 3 is 2.68 bits per heavy atom. The number of benzene rings is 2. The van der Waals surface area contributed by atoms with Crippen LogP contribution in [0.25, 0.3) is 0 Å². The summed E-state index contributed by atoms with van der Waals surface area (Å²) in [5.41, 5.74) is 2.69. The molecule has 0 aromatic heterocycles. The number of aryl methyl sites for hydroxylation is 1. The van der Waals surface area contributed by atoms with Crippen molar-refractivity contribution >= 4 is 45.9 Å². The standard InChI is InChI=1S/C15H14INOS/c1-10-6-7-13(14(16)8-10)15(18)17-11-4-3-5-12(9-11)19-2/h3-9H,1-2H3,(H,17,18). The third-order valence-electron chi connectivity index (χ3n) is 2.70. The molecule has 0 atom stereocenters. The molecule has 2 aromatic carbocycles. The predicted octanol–water partition coefficient (Wildman–Crippen LogP) is 4.57. The van der Waals surface area contributed by atoms with Crippen LogP contribution in [0.2, 0.25) is 0 Å². The number of nitrogens with one attached hydrogen (secondary N) is 1. The van der Waals surface area contributed by atoms with Crippen molar-refractivity contribution in [3.05, 3.63) is 57.2 Å². The molecule has 2 aromatic rings. The van der Waals surface area contributed by atoms with Crippen LogP contribution in [0.1, 0.15) is 15.9 Å². The Labute approximate surface area is 131 Å². The Morgan fingerprint density at radius 2 is 2.00 bits per heavy atom. The van der Waals surface area contributed by atoms with Gasteiger partial charge in [-0.05, 0) is 66.1 Å². The van der Waals surface area contributed by atoms with Gasteiger partial charge < -0.3 is 5.32 Å². The van der Waals surface area contributed by atoms with Gasteiger partial charge in [0.05, 0.1) is 5.56 Å². The average Bonchev–Trinajstić information content (AvgIpc) is 2.38. The molecule has 98 valence electrons. The van der Waals surface area contributed by atoms with Crippen LogP contribution in [-0.4, -0.2) is 12.2 Å². The quantitative estimate of drug-likeness (QED) is 0.621. The van der Waals surface area contributed by atoms with E-state index in [1.54, 1.807) is 11.8 Å². The molecule has 19 heavy (non-hydrogen) atoms. The molecule has 4 heteroatoms. The molecule has 0 bridgehead atoms. The molecule has 0 aliphatic rings. The number of halogens is 1. The maximum absolute atomic E-state index is 12.2. The second-order valence-corrected chi connectivity index (χ2v) is 6.21. The zero-order valence-corrected chi connectivity index (χ0v) is 13.7. The van der Waals surface area contributed by atoms with Crippen molar-refractivity contribution in [3.8, 4) is 0 Å². The molecular weight excluding hydrogens is 369 g/mol. The number of carbonyl (C=O) groups is 1. The zero-order chi connectivity index (χ0) is 13.8. The highest BCUT2D eigenvalue weighted by Crippen LogP contribution is 2.21. The lowest BCUT2D eigenvalue weighted by Crippen LogP contribution is -2.13. The molecule has 0 spiro atoms. The summed E-state index contributed by atoms with van der Waals surface area (Å²) in [5.74, 6) is -0.0670. The lowest BCUT2D eigenvalue weighted by molar-refractivity contribution is 0.102. The number of hydrogen-bond acceptors (Lipinski definition) is 2. The van der Waals surface area contributed by atoms with Gasteiger partial charge in [0.25, 0.3) is 5.91 Å². The van der Waals surface area contributed by atoms with Crippen LogP contribution in [0, 0.1) is 10.5 Å². The van der Waals surface area contributed by atoms with E-state index >= 15 is 0 Å². The molecule has 0 saturated carbocycles. The van der Waals surface area contributed by atoms with E-state index in [9.17, 15) is 4.79 Å². The highest BCUT2D eigenvalue weighted by Gasteiger charge is 2.10. The average molecular weight is 383 g/mol. The second kappa shape index (κ2) is 6.43. The number of anilines is 1. The van der Waals surface area contributed by atoms with Gasteiger partial charge in [0.2, 0.25) is 0 Å². The molecule has 0 saturated heterocycles. The van der Waals surface area contributed by atoms with E-state index in [0.717, 1.165) is 19.7 Å². The van der Waals surface area contributed by atoms with Crippen molar-refractivity contribution in [1.82, 2.24) is 0 Å². The first-order chi connectivity index (χ1) is 9.10. The molecular formula is C15H14INOS. The van der Waals surface area contributed by atoms with Crippen LogP contribution in [-0.2, 0) is 0 Å². The summed E-state index contributed by atoms with van der Waals surface area (Å²) < 4.78 is 0.969. The minimum Gasteiger partial charge on any atom is -0.322 e. The van der Waals surface area contributed by atoms with Crippen molar-refractivity contribution in [2.75, 3.05) is 11.6 Å². The van der Waals surface area contributed by atoms with Gasteiger partial charge in [0, 0.05) is 14.2 Å². The van der Waals surface area contributed by atoms with Gasteiger partial charge in [-0.15, -0.1) is 11.8 Å². The summed E-state index contributed by atoms with van der Waals surface area (Å²) in [6, 6.07) is 13.7. The van der Waals surface area contributed by atoms with Crippen LogP contribution >= 0.6 is 34.4 Å². The highest BCUT2D eigenvalue weighted by molar-refractivity contribution is 14.1. The largest absolute Gasteiger partial charge is 0.322 e. The van der Waals surface area contributed by atoms with Gasteiger partial charge in [0.15, 0.2) is 0 Å². The Balaban J connectivity index is 2.20. The van der Waals surface area contributed by atoms with Crippen LogP contribution < -0.4 is 5.32 Å². The zero-order valence-electron chi connectivity index (χ0n) is 10.7. The lowest BCUT2D eigenvalue weighted by Gasteiger charge is -2.08. The Kier molecular flexibility index (Phi) is 4.87. The van der Waals surface area contributed by atoms with Gasteiger partial charge in [-0.2, -0.15) is 0 Å². The van der Waals surface area contributed by atoms with E-state index in [1.165, 1.54) is 0 Å². The smallest absolute Gasteiger partial charge is 0.256 e. The van der Waals surface area contributed by atoms with Crippen molar-refractivity contribution in [3.63, 3.8) is 0 Å². The Morgan fingerprint density at radius 1 is 1.21 bits per heavy atom. The van der Waals surface area contributed by atoms with Gasteiger partial charge in [0.1, 0.15) is 0 Å². The first kappa shape index (κ1) is 14.4. The number of hydrogen-bond donors (Lipinski definition) is 1. The lowest BCUT2D eigenvalue weighted by atomic mass is 10.1. The van der Waals surface area contributed by atoms with Crippen LogP contribution in [0.15, 0.2) is 47.4 Å². The fraction of sp³-hybridized carbons (Fsp3) is 0.133. The van der Waals surface area contributed by atoms with Crippen LogP contribution in [0.3, 0.4) is 0 Å². The summed E-state index contributed by atoms with van der Waals surface area (Å²) in [5, 5.41) is 2.94. The fourth-order valence-electron chi connectivity index (χ4n) is 1.70. The molecule has 0 unspecified atom stereocenters. The third kappa shape index (κ3) is 3.73. The molecule has 2 nitrogen and oxygen atoms in total. The van der Waals surface area contributed by atoms with E-state index in [-0.39, 0.29) is 5.91 Å². The first-order valence-electron chi connectivity index (χ1n) is 5.81. The summed E-state index contributed by atoms with van der Waals surface area (Å²) in [6.07, 6.45) is 2.02. The van der Waals surface area contributed by atoms with Crippen molar-refractivity contribution < 1.29 is 4.79 Å². The summed E-state index contributed by atoms with van der Waals surface area (Å²) in [4.78, 5) is 13.4. The minimum absolute atomic E-state index is 0.0670. The topological polar surface area (TPSA) is 29.1 Å². The first-order valence-corrected chi connectivity index (χ1v) is 8.12. The van der Waals surface area contributed by atoms with Crippen LogP contribution in [0.4, 0.5) is 5.69 Å². The van der Waals surface area contributed by atoms with E-state index in [4.69, 9.17) is 0 Å². The summed E-state index contributed by atoms with van der Waals surface area (Å²) >= 11 is 3.85. The number of rotatable bonds is 3. The normalized spacial score (nSPS) is 10.3. The Hall–Kier alpha value is -1.01. The fourth-order valence-corrected chi connectivity index (χ4v) is 3.08. The van der Waals surface area contributed by atoms with E-state index < -0.39 is 0 Å². The van der Waals surface area contributed by atoms with Crippen LogP contribution in [0.5, 0.6) is 0 Å². The second-order valence-electron chi connectivity index (χ2n) is 4.17. The molecule has 2 rings (SSSR count). The number of thioether (sulfide) groups is 1. The highest BCUT2D eigenvalue weighted by atomic mass is 127. The number of carbonyl (C=O) groups excluding carboxylic acids is 1. The maximum Gasteiger partial charge on any atom is 0.256 e. The van der Waals surface area contributed by atoms with Gasteiger partial charge in [-0.3, -0.25) is 4.79 Å². The van der Waals surface area contributed by atoms with Crippen molar-refractivity contribution in [1.29, 1.82) is 0 Å². The maximum atomic E-state index is 12.2. The van der Waals surface area contributed by atoms with Crippen molar-refractivity contribution in [2.45, 2.75) is 11.8 Å². The monoisotopic (exact) mass is 383 g/mol. The van der Waals surface area contributed by atoms with E-state index in [1.807, 2.05) is 55.6 Å². The summed E-state index contributed by atoms with van der Waals surface area (Å²) in [6.45, 7) is 2.02. The molecule has 0 aliphatic heterocycles. The van der Waals surface area contributed by atoms with Gasteiger partial charge in [-0.25, -0.2) is 0 Å². The molecule has 0 heterocycles. The van der Waals surface area contributed by atoms with Crippen molar-refractivity contribution in [2.24, 2.45) is 0 Å². The minimum atomic E-state index is -0.0670. The predicted molar refractivity (Wildman–Crippen MR) is 90.1 cm³/mol. The van der Waals surface area contributed by atoms with E-state index in [0.29, 0.717) is 5.56 Å². The molecule has 0 aliphatic carbocycles. The Bertz CT molecular complexity index is 613. The molecule has 1 amide bonds. The molecule has 0 fully saturated rings. The third-order valence-corrected chi connectivity index (χ3v) is 4.31. The summed E-state index contributed by atoms with van der Waals surface area (Å²) in [7, 11) is 0.